The first kappa shape index (κ1) is 12.1. The van der Waals surface area contributed by atoms with Crippen molar-refractivity contribution in [2.75, 3.05) is 11.9 Å². The van der Waals surface area contributed by atoms with Crippen molar-refractivity contribution in [2.24, 2.45) is 0 Å². The van der Waals surface area contributed by atoms with E-state index in [1.807, 2.05) is 18.6 Å². The normalized spacial score (nSPS) is 10.7. The molecule has 0 aliphatic carbocycles. The molecule has 17 heavy (non-hydrogen) atoms. The van der Waals surface area contributed by atoms with Crippen LogP contribution >= 0.6 is 11.3 Å². The van der Waals surface area contributed by atoms with E-state index >= 15 is 0 Å². The third kappa shape index (κ3) is 3.30. The molecule has 0 spiro atoms. The van der Waals surface area contributed by atoms with Crippen LogP contribution in [0, 0.1) is 6.92 Å². The molecule has 2 aromatic rings. The Hall–Kier alpha value is -1.36. The van der Waals surface area contributed by atoms with E-state index in [4.69, 9.17) is 0 Å². The predicted octanol–water partition coefficient (Wildman–Crippen LogP) is 2.91. The van der Waals surface area contributed by atoms with Crippen molar-refractivity contribution in [3.8, 4) is 0 Å². The minimum absolute atomic E-state index is 0.847. The van der Waals surface area contributed by atoms with Gasteiger partial charge in [0.25, 0.3) is 0 Å². The molecule has 0 radical (unpaired) electrons. The highest BCUT2D eigenvalue weighted by molar-refractivity contribution is 7.09. The van der Waals surface area contributed by atoms with Crippen LogP contribution < -0.4 is 5.32 Å². The Morgan fingerprint density at radius 3 is 3.06 bits per heavy atom. The van der Waals surface area contributed by atoms with E-state index in [1.165, 1.54) is 17.7 Å². The Kier molecular flexibility index (Phi) is 4.14. The molecule has 92 valence electrons. The molecule has 0 fully saturated rings. The van der Waals surface area contributed by atoms with Gasteiger partial charge in [0.15, 0.2) is 0 Å². The molecule has 0 amide bonds. The molecule has 4 nitrogen and oxygen atoms in total. The standard InChI is InChI=1S/C12H18N4S/c1-3-4-5-14-12-15-10(2)7-16(12)8-11-6-13-9-17-11/h6-7,9H,3-5,8H2,1-2H3,(H,14,15). The number of hydrogen-bond donors (Lipinski definition) is 1. The summed E-state index contributed by atoms with van der Waals surface area (Å²) in [4.78, 5) is 9.84. The molecular formula is C12H18N4S. The molecular weight excluding hydrogens is 232 g/mol. The van der Waals surface area contributed by atoms with Crippen LogP contribution in [0.4, 0.5) is 5.95 Å². The fourth-order valence-electron chi connectivity index (χ4n) is 1.67. The summed E-state index contributed by atoms with van der Waals surface area (Å²) >= 11 is 1.68. The molecule has 0 saturated carbocycles. The van der Waals surface area contributed by atoms with Gasteiger partial charge in [-0.25, -0.2) is 4.98 Å². The molecule has 0 aliphatic rings. The van der Waals surface area contributed by atoms with Crippen LogP contribution in [0.1, 0.15) is 30.3 Å². The maximum absolute atomic E-state index is 4.50. The van der Waals surface area contributed by atoms with Crippen molar-refractivity contribution in [1.82, 2.24) is 14.5 Å². The highest BCUT2D eigenvalue weighted by Gasteiger charge is 2.06. The SMILES string of the molecule is CCCCNc1nc(C)cn1Cc1cncs1. The minimum Gasteiger partial charge on any atom is -0.356 e. The number of aryl methyl sites for hydroxylation is 1. The third-order valence-corrected chi connectivity index (χ3v) is 3.28. The van der Waals surface area contributed by atoms with Gasteiger partial charge >= 0.3 is 0 Å². The van der Waals surface area contributed by atoms with Crippen LogP contribution in [-0.4, -0.2) is 21.1 Å². The summed E-state index contributed by atoms with van der Waals surface area (Å²) in [6.45, 7) is 6.04. The fourth-order valence-corrected chi connectivity index (χ4v) is 2.27. The Labute approximate surface area is 106 Å². The molecule has 1 N–H and O–H groups in total. The smallest absolute Gasteiger partial charge is 0.203 e. The number of aromatic nitrogens is 3. The van der Waals surface area contributed by atoms with Crippen LogP contribution in [0.2, 0.25) is 0 Å². The van der Waals surface area contributed by atoms with Crippen LogP contribution in [0.3, 0.4) is 0 Å². The molecule has 2 rings (SSSR count). The van der Waals surface area contributed by atoms with Crippen LogP contribution in [0.15, 0.2) is 17.9 Å². The lowest BCUT2D eigenvalue weighted by atomic mass is 10.3. The fraction of sp³-hybridized carbons (Fsp3) is 0.500. The minimum atomic E-state index is 0.847. The van der Waals surface area contributed by atoms with Gasteiger partial charge in [-0.3, -0.25) is 4.98 Å². The van der Waals surface area contributed by atoms with Gasteiger partial charge in [0.1, 0.15) is 0 Å². The number of nitrogens with zero attached hydrogens (tertiary/aromatic N) is 3. The highest BCUT2D eigenvalue weighted by atomic mass is 32.1. The van der Waals surface area contributed by atoms with E-state index in [-0.39, 0.29) is 0 Å². The largest absolute Gasteiger partial charge is 0.356 e. The van der Waals surface area contributed by atoms with Crippen molar-refractivity contribution in [3.63, 3.8) is 0 Å². The van der Waals surface area contributed by atoms with Crippen molar-refractivity contribution < 1.29 is 0 Å². The first-order valence-electron chi connectivity index (χ1n) is 5.94. The van der Waals surface area contributed by atoms with Crippen LogP contribution in [0.25, 0.3) is 0 Å². The number of rotatable bonds is 6. The molecule has 0 saturated heterocycles. The maximum atomic E-state index is 4.50. The second kappa shape index (κ2) is 5.82. The van der Waals surface area contributed by atoms with Crippen molar-refractivity contribution in [2.45, 2.75) is 33.2 Å². The van der Waals surface area contributed by atoms with E-state index in [0.717, 1.165) is 24.7 Å². The van der Waals surface area contributed by atoms with Gasteiger partial charge in [-0.15, -0.1) is 11.3 Å². The molecule has 0 atom stereocenters. The van der Waals surface area contributed by atoms with Gasteiger partial charge in [0.05, 0.1) is 17.7 Å². The zero-order chi connectivity index (χ0) is 12.1. The summed E-state index contributed by atoms with van der Waals surface area (Å²) < 4.78 is 2.15. The monoisotopic (exact) mass is 250 g/mol. The van der Waals surface area contributed by atoms with Gasteiger partial charge in [-0.1, -0.05) is 13.3 Å². The maximum Gasteiger partial charge on any atom is 0.203 e. The second-order valence-corrected chi connectivity index (χ2v) is 5.05. The van der Waals surface area contributed by atoms with Gasteiger partial charge < -0.3 is 9.88 Å². The lowest BCUT2D eigenvalue weighted by Gasteiger charge is -2.07. The van der Waals surface area contributed by atoms with Gasteiger partial charge in [0.2, 0.25) is 5.95 Å². The summed E-state index contributed by atoms with van der Waals surface area (Å²) in [5.41, 5.74) is 2.91. The quantitative estimate of drug-likeness (QED) is 0.802. The van der Waals surface area contributed by atoms with E-state index in [9.17, 15) is 0 Å². The first-order valence-corrected chi connectivity index (χ1v) is 6.82. The zero-order valence-corrected chi connectivity index (χ0v) is 11.1. The average Bonchev–Trinajstić information content (AvgIpc) is 2.90. The topological polar surface area (TPSA) is 42.7 Å². The van der Waals surface area contributed by atoms with Crippen molar-refractivity contribution in [1.29, 1.82) is 0 Å². The van der Waals surface area contributed by atoms with E-state index in [2.05, 4.69) is 33.0 Å². The summed E-state index contributed by atoms with van der Waals surface area (Å²) in [7, 11) is 0. The predicted molar refractivity (Wildman–Crippen MR) is 71.6 cm³/mol. The van der Waals surface area contributed by atoms with E-state index < -0.39 is 0 Å². The van der Waals surface area contributed by atoms with E-state index in [1.54, 1.807) is 11.3 Å². The van der Waals surface area contributed by atoms with Crippen LogP contribution in [0.5, 0.6) is 0 Å². The first-order chi connectivity index (χ1) is 8.29. The highest BCUT2D eigenvalue weighted by Crippen LogP contribution is 2.14. The second-order valence-electron chi connectivity index (χ2n) is 4.08. The van der Waals surface area contributed by atoms with E-state index in [0.29, 0.717) is 0 Å². The Bertz CT molecular complexity index is 447. The number of anilines is 1. The Morgan fingerprint density at radius 1 is 1.47 bits per heavy atom. The molecule has 0 bridgehead atoms. The Morgan fingerprint density at radius 2 is 2.35 bits per heavy atom. The van der Waals surface area contributed by atoms with Gasteiger partial charge in [-0.05, 0) is 13.3 Å². The Balaban J connectivity index is 2.05. The third-order valence-electron chi connectivity index (χ3n) is 2.52. The lowest BCUT2D eigenvalue weighted by Crippen LogP contribution is -2.08. The lowest BCUT2D eigenvalue weighted by molar-refractivity contribution is 0.781. The number of thiazole rings is 1. The van der Waals surface area contributed by atoms with Gasteiger partial charge in [0, 0.05) is 23.8 Å². The molecule has 5 heteroatoms. The average molecular weight is 250 g/mol. The molecule has 0 unspecified atom stereocenters. The summed E-state index contributed by atoms with van der Waals surface area (Å²) in [6.07, 6.45) is 6.36. The number of imidazole rings is 1. The summed E-state index contributed by atoms with van der Waals surface area (Å²) in [5, 5.41) is 3.38. The van der Waals surface area contributed by atoms with Crippen LogP contribution in [-0.2, 0) is 6.54 Å². The van der Waals surface area contributed by atoms with Crippen molar-refractivity contribution >= 4 is 17.3 Å². The molecule has 0 aromatic carbocycles. The van der Waals surface area contributed by atoms with Gasteiger partial charge in [-0.2, -0.15) is 0 Å². The van der Waals surface area contributed by atoms with Crippen molar-refractivity contribution in [3.05, 3.63) is 28.5 Å². The number of hydrogen-bond acceptors (Lipinski definition) is 4. The number of unbranched alkanes of at least 4 members (excludes halogenated alkanes) is 1. The summed E-state index contributed by atoms with van der Waals surface area (Å²) in [6, 6.07) is 0. The zero-order valence-electron chi connectivity index (χ0n) is 10.3. The number of nitrogens with one attached hydrogen (secondary N) is 1. The molecule has 2 heterocycles. The molecule has 2 aromatic heterocycles. The molecule has 0 aliphatic heterocycles. The summed E-state index contributed by atoms with van der Waals surface area (Å²) in [5.74, 6) is 0.962.